The van der Waals surface area contributed by atoms with Gasteiger partial charge in [-0.2, -0.15) is 0 Å². The van der Waals surface area contributed by atoms with Crippen molar-refractivity contribution in [2.75, 3.05) is 10.6 Å². The van der Waals surface area contributed by atoms with Crippen LogP contribution in [0.1, 0.15) is 37.9 Å². The SMILES string of the molecule is C[C@@H]1CCC[C@H](n2cnc(-c3cccc(Cl)c3F)cc2=O)c2cc(ccn2)-c2ccc(NC(=O)O)cc2NC1=O. The molecule has 1 aliphatic rings. The summed E-state index contributed by atoms with van der Waals surface area (Å²) in [7, 11) is 0. The average Bonchev–Trinajstić information content (AvgIpc) is 2.92. The maximum Gasteiger partial charge on any atom is 0.409 e. The van der Waals surface area contributed by atoms with Gasteiger partial charge in [0.1, 0.15) is 0 Å². The fraction of sp³-hybridized carbons (Fsp3) is 0.207. The predicted octanol–water partition coefficient (Wildman–Crippen LogP) is 6.20. The van der Waals surface area contributed by atoms with Crippen molar-refractivity contribution in [2.24, 2.45) is 5.92 Å². The van der Waals surface area contributed by atoms with Gasteiger partial charge in [-0.1, -0.05) is 37.1 Å². The van der Waals surface area contributed by atoms with Crippen molar-refractivity contribution >= 4 is 35.0 Å². The van der Waals surface area contributed by atoms with Crippen LogP contribution in [-0.2, 0) is 4.79 Å². The lowest BCUT2D eigenvalue weighted by Gasteiger charge is -2.23. The molecule has 3 N–H and O–H groups in total. The Labute approximate surface area is 233 Å². The average molecular weight is 562 g/mol. The first-order valence-corrected chi connectivity index (χ1v) is 13.0. The Balaban J connectivity index is 1.59. The zero-order valence-corrected chi connectivity index (χ0v) is 22.2. The van der Waals surface area contributed by atoms with Crippen molar-refractivity contribution in [3.05, 3.63) is 94.0 Å². The van der Waals surface area contributed by atoms with E-state index in [9.17, 15) is 18.8 Å². The fourth-order valence-corrected chi connectivity index (χ4v) is 5.00. The third-order valence-corrected chi connectivity index (χ3v) is 7.22. The normalized spacial score (nSPS) is 17.1. The van der Waals surface area contributed by atoms with Crippen LogP contribution < -0.4 is 16.2 Å². The third kappa shape index (κ3) is 5.57. The van der Waals surface area contributed by atoms with Gasteiger partial charge < -0.3 is 10.4 Å². The summed E-state index contributed by atoms with van der Waals surface area (Å²) in [6.45, 7) is 1.81. The van der Waals surface area contributed by atoms with E-state index in [-0.39, 0.29) is 33.7 Å². The van der Waals surface area contributed by atoms with Gasteiger partial charge in [-0.3, -0.25) is 24.5 Å². The molecule has 9 nitrogen and oxygen atoms in total. The number of carbonyl (C=O) groups excluding carboxylic acids is 1. The topological polar surface area (TPSA) is 126 Å². The van der Waals surface area contributed by atoms with Crippen molar-refractivity contribution in [1.29, 1.82) is 0 Å². The van der Waals surface area contributed by atoms with Crippen LogP contribution in [-0.4, -0.2) is 31.6 Å². The highest BCUT2D eigenvalue weighted by molar-refractivity contribution is 6.31. The lowest BCUT2D eigenvalue weighted by atomic mass is 9.95. The Morgan fingerprint density at radius 1 is 1.10 bits per heavy atom. The van der Waals surface area contributed by atoms with Crippen LogP contribution in [0, 0.1) is 11.7 Å². The van der Waals surface area contributed by atoms with Crippen LogP contribution in [0.2, 0.25) is 5.02 Å². The summed E-state index contributed by atoms with van der Waals surface area (Å²) < 4.78 is 16.1. The molecule has 0 saturated heterocycles. The lowest BCUT2D eigenvalue weighted by Crippen LogP contribution is -2.27. The highest BCUT2D eigenvalue weighted by Crippen LogP contribution is 2.34. The molecule has 2 atom stereocenters. The molecule has 0 fully saturated rings. The lowest BCUT2D eigenvalue weighted by molar-refractivity contribution is -0.119. The van der Waals surface area contributed by atoms with E-state index in [4.69, 9.17) is 16.7 Å². The van der Waals surface area contributed by atoms with Gasteiger partial charge >= 0.3 is 6.09 Å². The number of hydrogen-bond donors (Lipinski definition) is 3. The number of nitrogens with zero attached hydrogens (tertiary/aromatic N) is 3. The van der Waals surface area contributed by atoms with Crippen molar-refractivity contribution in [2.45, 2.75) is 32.2 Å². The number of anilines is 2. The standard InChI is InChI=1S/C29H25ClFN5O4/c1-16-4-2-7-25(36-15-33-22(14-26(36)37)20-5-3-6-21(30)27(20)31)24-12-17(10-11-32-24)19-9-8-18(34-29(39)40)13-23(19)35-28(16)38/h3,5-6,8-16,25,34H,2,4,7H2,1H3,(H,35,38)(H,39,40)/t16-,25+/m1/s1. The molecule has 2 aromatic heterocycles. The number of amides is 2. The van der Waals surface area contributed by atoms with E-state index in [2.05, 4.69) is 20.6 Å². The summed E-state index contributed by atoms with van der Waals surface area (Å²) in [6, 6.07) is 13.8. The van der Waals surface area contributed by atoms with E-state index >= 15 is 0 Å². The van der Waals surface area contributed by atoms with Gasteiger partial charge in [0.2, 0.25) is 5.91 Å². The molecule has 204 valence electrons. The van der Waals surface area contributed by atoms with Crippen molar-refractivity contribution < 1.29 is 19.1 Å². The Morgan fingerprint density at radius 2 is 1.93 bits per heavy atom. The minimum atomic E-state index is -1.22. The van der Waals surface area contributed by atoms with Crippen LogP contribution in [0.3, 0.4) is 0 Å². The second kappa shape index (κ2) is 11.3. The van der Waals surface area contributed by atoms with Gasteiger partial charge in [-0.05, 0) is 54.8 Å². The van der Waals surface area contributed by atoms with E-state index in [1.807, 2.05) is 13.0 Å². The van der Waals surface area contributed by atoms with Crippen LogP contribution in [0.5, 0.6) is 0 Å². The number of aromatic nitrogens is 3. The van der Waals surface area contributed by atoms with Crippen molar-refractivity contribution in [3.8, 4) is 22.4 Å². The number of hydrogen-bond acceptors (Lipinski definition) is 5. The first-order valence-electron chi connectivity index (χ1n) is 12.6. The quantitative estimate of drug-likeness (QED) is 0.273. The molecular weight excluding hydrogens is 537 g/mol. The zero-order chi connectivity index (χ0) is 28.4. The molecule has 0 radical (unpaired) electrons. The maximum atomic E-state index is 14.6. The molecule has 40 heavy (non-hydrogen) atoms. The number of carbonyl (C=O) groups is 2. The second-order valence-electron chi connectivity index (χ2n) is 9.62. The van der Waals surface area contributed by atoms with Crippen molar-refractivity contribution in [3.63, 3.8) is 0 Å². The summed E-state index contributed by atoms with van der Waals surface area (Å²) in [6.07, 6.45) is 3.44. The number of carboxylic acid groups (broad SMARTS) is 1. The van der Waals surface area contributed by atoms with Gasteiger partial charge in [0.25, 0.3) is 5.56 Å². The number of benzene rings is 2. The molecule has 3 heterocycles. The number of pyridine rings is 1. The first-order chi connectivity index (χ1) is 19.2. The van der Waals surface area contributed by atoms with Gasteiger partial charge in [0.05, 0.1) is 34.5 Å². The Bertz CT molecular complexity index is 1670. The smallest absolute Gasteiger partial charge is 0.409 e. The monoisotopic (exact) mass is 561 g/mol. The molecular formula is C29H25ClFN5O4. The van der Waals surface area contributed by atoms with Gasteiger partial charge in [-0.25, -0.2) is 14.2 Å². The number of fused-ring (bicyclic) bond motifs is 4. The third-order valence-electron chi connectivity index (χ3n) is 6.92. The van der Waals surface area contributed by atoms with Crippen LogP contribution in [0.15, 0.2) is 71.9 Å². The largest absolute Gasteiger partial charge is 0.465 e. The Hall–Kier alpha value is -4.57. The molecule has 2 bridgehead atoms. The summed E-state index contributed by atoms with van der Waals surface area (Å²) in [5, 5.41) is 14.3. The fourth-order valence-electron chi connectivity index (χ4n) is 4.83. The van der Waals surface area contributed by atoms with Crippen molar-refractivity contribution in [1.82, 2.24) is 14.5 Å². The highest BCUT2D eigenvalue weighted by atomic mass is 35.5. The molecule has 2 amide bonds. The summed E-state index contributed by atoms with van der Waals surface area (Å²) in [5.74, 6) is -1.20. The number of halogens is 2. The highest BCUT2D eigenvalue weighted by Gasteiger charge is 2.23. The number of nitrogens with one attached hydrogen (secondary N) is 2. The molecule has 0 aliphatic carbocycles. The summed E-state index contributed by atoms with van der Waals surface area (Å²) in [5.41, 5.74) is 2.67. The van der Waals surface area contributed by atoms with E-state index in [0.717, 1.165) is 5.56 Å². The molecule has 0 spiro atoms. The Morgan fingerprint density at radius 3 is 2.70 bits per heavy atom. The van der Waals surface area contributed by atoms with E-state index < -0.39 is 18.0 Å². The van der Waals surface area contributed by atoms with E-state index in [1.54, 1.807) is 36.5 Å². The van der Waals surface area contributed by atoms with Gasteiger partial charge in [0, 0.05) is 35.0 Å². The summed E-state index contributed by atoms with van der Waals surface area (Å²) >= 11 is 5.92. The van der Waals surface area contributed by atoms with Gasteiger partial charge in [0.15, 0.2) is 5.82 Å². The van der Waals surface area contributed by atoms with Crippen LogP contribution in [0.25, 0.3) is 22.4 Å². The van der Waals surface area contributed by atoms with Crippen LogP contribution >= 0.6 is 11.6 Å². The minimum Gasteiger partial charge on any atom is -0.465 e. The van der Waals surface area contributed by atoms with Crippen LogP contribution in [0.4, 0.5) is 20.6 Å². The molecule has 4 aromatic rings. The molecule has 11 heteroatoms. The summed E-state index contributed by atoms with van der Waals surface area (Å²) in [4.78, 5) is 46.5. The molecule has 1 aliphatic heterocycles. The molecule has 0 unspecified atom stereocenters. The predicted molar refractivity (Wildman–Crippen MR) is 150 cm³/mol. The molecule has 5 rings (SSSR count). The second-order valence-corrected chi connectivity index (χ2v) is 10.0. The van der Waals surface area contributed by atoms with E-state index in [0.29, 0.717) is 41.9 Å². The molecule has 0 saturated carbocycles. The Kier molecular flexibility index (Phi) is 7.61. The van der Waals surface area contributed by atoms with Gasteiger partial charge in [-0.15, -0.1) is 0 Å². The zero-order valence-electron chi connectivity index (χ0n) is 21.4. The first kappa shape index (κ1) is 27.0. The van der Waals surface area contributed by atoms with E-state index in [1.165, 1.54) is 29.1 Å². The maximum absolute atomic E-state index is 14.6. The number of rotatable bonds is 3. The minimum absolute atomic E-state index is 0.0619. The molecule has 2 aromatic carbocycles.